The monoisotopic (exact) mass is 453 g/mol. The lowest BCUT2D eigenvalue weighted by Gasteiger charge is -2.29. The number of anilines is 1. The Labute approximate surface area is 192 Å². The highest BCUT2D eigenvalue weighted by Gasteiger charge is 2.30. The number of hydrogen-bond donors (Lipinski definition) is 1. The molecule has 2 amide bonds. The van der Waals surface area contributed by atoms with Crippen molar-refractivity contribution in [1.29, 1.82) is 0 Å². The molecule has 3 rings (SSSR count). The maximum Gasteiger partial charge on any atom is 0.396 e. The minimum Gasteiger partial charge on any atom is -0.493 e. The third-order valence-corrected chi connectivity index (χ3v) is 5.38. The van der Waals surface area contributed by atoms with Gasteiger partial charge in [0.2, 0.25) is 5.91 Å². The molecule has 1 heterocycles. The first-order valence-electron chi connectivity index (χ1n) is 10.5. The molecule has 0 saturated carbocycles. The van der Waals surface area contributed by atoms with Crippen molar-refractivity contribution in [2.75, 3.05) is 26.6 Å². The summed E-state index contributed by atoms with van der Waals surface area (Å²) in [5, 5.41) is 8.59. The van der Waals surface area contributed by atoms with Crippen molar-refractivity contribution in [1.82, 2.24) is 5.01 Å². The quantitative estimate of drug-likeness (QED) is 0.510. The second-order valence-electron chi connectivity index (χ2n) is 7.46. The van der Waals surface area contributed by atoms with Gasteiger partial charge in [-0.3, -0.25) is 9.59 Å². The molecule has 0 aliphatic carbocycles. The Morgan fingerprint density at radius 2 is 1.85 bits per heavy atom. The van der Waals surface area contributed by atoms with Crippen molar-refractivity contribution < 1.29 is 28.6 Å². The van der Waals surface area contributed by atoms with Gasteiger partial charge in [-0.05, 0) is 42.3 Å². The molecule has 1 N–H and O–H groups in total. The molecule has 174 valence electrons. The van der Waals surface area contributed by atoms with E-state index in [4.69, 9.17) is 9.47 Å². The van der Waals surface area contributed by atoms with E-state index in [0.717, 1.165) is 30.4 Å². The third kappa shape index (κ3) is 5.49. The molecule has 1 aliphatic rings. The summed E-state index contributed by atoms with van der Waals surface area (Å²) in [5.74, 6) is -0.758. The Morgan fingerprint density at radius 3 is 2.52 bits per heavy atom. The number of ether oxygens (including phenoxy) is 3. The highest BCUT2D eigenvalue weighted by molar-refractivity contribution is 6.37. The van der Waals surface area contributed by atoms with Crippen LogP contribution in [0, 0.1) is 5.92 Å². The molecule has 9 nitrogen and oxygen atoms in total. The third-order valence-electron chi connectivity index (χ3n) is 5.38. The highest BCUT2D eigenvalue weighted by Crippen LogP contribution is 2.31. The van der Waals surface area contributed by atoms with Crippen molar-refractivity contribution in [3.63, 3.8) is 0 Å². The average Bonchev–Trinajstić information content (AvgIpc) is 2.84. The summed E-state index contributed by atoms with van der Waals surface area (Å²) in [6, 6.07) is 12.5. The number of methoxy groups -OCH3 is 3. The minimum atomic E-state index is -0.985. The van der Waals surface area contributed by atoms with Crippen molar-refractivity contribution in [3.05, 3.63) is 53.6 Å². The first-order chi connectivity index (χ1) is 15.9. The van der Waals surface area contributed by atoms with Gasteiger partial charge in [-0.2, -0.15) is 5.10 Å². The van der Waals surface area contributed by atoms with Gasteiger partial charge in [-0.15, -0.1) is 0 Å². The number of esters is 1. The second-order valence-corrected chi connectivity index (χ2v) is 7.46. The Kier molecular flexibility index (Phi) is 7.66. The van der Waals surface area contributed by atoms with Crippen LogP contribution in [0.4, 0.5) is 5.69 Å². The van der Waals surface area contributed by atoms with Crippen LogP contribution in [-0.2, 0) is 25.7 Å². The van der Waals surface area contributed by atoms with Gasteiger partial charge in [0.05, 0.1) is 33.6 Å². The van der Waals surface area contributed by atoms with E-state index >= 15 is 0 Å². The molecule has 9 heteroatoms. The topological polar surface area (TPSA) is 107 Å². The highest BCUT2D eigenvalue weighted by atomic mass is 16.5. The van der Waals surface area contributed by atoms with E-state index in [9.17, 15) is 14.4 Å². The van der Waals surface area contributed by atoms with Crippen LogP contribution < -0.4 is 14.8 Å². The molecule has 0 spiro atoms. The van der Waals surface area contributed by atoms with E-state index in [1.165, 1.54) is 5.01 Å². The zero-order chi connectivity index (χ0) is 24.0. The number of nitrogens with one attached hydrogen (secondary N) is 1. The Bertz CT molecular complexity index is 1080. The number of carbonyl (C=O) groups excluding carboxylic acids is 3. The van der Waals surface area contributed by atoms with Crippen LogP contribution in [-0.4, -0.2) is 49.8 Å². The summed E-state index contributed by atoms with van der Waals surface area (Å²) < 4.78 is 15.2. The molecule has 0 saturated heterocycles. The van der Waals surface area contributed by atoms with Gasteiger partial charge in [-0.1, -0.05) is 19.1 Å². The minimum absolute atomic E-state index is 0.0162. The van der Waals surface area contributed by atoms with Gasteiger partial charge in [0.1, 0.15) is 0 Å². The van der Waals surface area contributed by atoms with Crippen LogP contribution in [0.2, 0.25) is 0 Å². The zero-order valence-corrected chi connectivity index (χ0v) is 19.1. The lowest BCUT2D eigenvalue weighted by molar-refractivity contribution is -0.150. The molecule has 0 radical (unpaired) electrons. The Hall–Kier alpha value is -3.88. The lowest BCUT2D eigenvalue weighted by atomic mass is 9.89. The molecule has 1 atom stereocenters. The second kappa shape index (κ2) is 10.6. The number of hydrazone groups is 1. The van der Waals surface area contributed by atoms with Crippen molar-refractivity contribution in [2.24, 2.45) is 11.0 Å². The number of amides is 2. The largest absolute Gasteiger partial charge is 0.493 e. The SMILES string of the molecule is CCC1CC(=O)N(Cc2cccc(NC(=O)C(=O)OC)c2)N=C1c1ccc(OC)c(OC)c1. The maximum atomic E-state index is 12.8. The smallest absolute Gasteiger partial charge is 0.396 e. The normalized spacial score (nSPS) is 15.5. The van der Waals surface area contributed by atoms with Crippen LogP contribution >= 0.6 is 0 Å². The molecule has 0 fully saturated rings. The van der Waals surface area contributed by atoms with Crippen molar-refractivity contribution >= 4 is 29.2 Å². The lowest BCUT2D eigenvalue weighted by Crippen LogP contribution is -2.36. The fraction of sp³-hybridized carbons (Fsp3) is 0.333. The number of rotatable bonds is 7. The molecule has 0 aromatic heterocycles. The Balaban J connectivity index is 1.87. The van der Waals surface area contributed by atoms with E-state index < -0.39 is 11.9 Å². The van der Waals surface area contributed by atoms with E-state index in [1.54, 1.807) is 32.4 Å². The van der Waals surface area contributed by atoms with Gasteiger partial charge in [-0.25, -0.2) is 9.80 Å². The number of carbonyl (C=O) groups is 3. The standard InChI is InChI=1S/C24H27N3O6/c1-5-16-13-21(28)27(26-22(16)17-9-10-19(31-2)20(12-17)32-3)14-15-7-6-8-18(11-15)25-23(29)24(30)33-4/h6-12,16H,5,13-14H2,1-4H3,(H,25,29). The molecule has 2 aromatic rings. The van der Waals surface area contributed by atoms with Crippen LogP contribution in [0.15, 0.2) is 47.6 Å². The first-order valence-corrected chi connectivity index (χ1v) is 10.5. The Morgan fingerprint density at radius 1 is 1.09 bits per heavy atom. The van der Waals surface area contributed by atoms with Crippen molar-refractivity contribution in [2.45, 2.75) is 26.3 Å². The van der Waals surface area contributed by atoms with Gasteiger partial charge in [0.15, 0.2) is 11.5 Å². The van der Waals surface area contributed by atoms with Crippen molar-refractivity contribution in [3.8, 4) is 11.5 Å². The van der Waals surface area contributed by atoms with Gasteiger partial charge in [0, 0.05) is 23.6 Å². The summed E-state index contributed by atoms with van der Waals surface area (Å²) >= 11 is 0. The number of nitrogens with zero attached hydrogens (tertiary/aromatic N) is 2. The zero-order valence-electron chi connectivity index (χ0n) is 19.1. The van der Waals surface area contributed by atoms with E-state index in [1.807, 2.05) is 31.2 Å². The number of hydrogen-bond acceptors (Lipinski definition) is 7. The fourth-order valence-corrected chi connectivity index (χ4v) is 3.63. The van der Waals surface area contributed by atoms with Crippen LogP contribution in [0.25, 0.3) is 0 Å². The molecular formula is C24H27N3O6. The summed E-state index contributed by atoms with van der Waals surface area (Å²) in [6.07, 6.45) is 1.10. The van der Waals surface area contributed by atoms with Crippen LogP contribution in [0.1, 0.15) is 30.9 Å². The van der Waals surface area contributed by atoms with Crippen LogP contribution in [0.5, 0.6) is 11.5 Å². The average molecular weight is 453 g/mol. The van der Waals surface area contributed by atoms with Gasteiger partial charge in [0.25, 0.3) is 0 Å². The molecule has 33 heavy (non-hydrogen) atoms. The molecular weight excluding hydrogens is 426 g/mol. The van der Waals surface area contributed by atoms with E-state index in [2.05, 4.69) is 15.2 Å². The summed E-state index contributed by atoms with van der Waals surface area (Å²) in [5.41, 5.74) is 2.82. The summed E-state index contributed by atoms with van der Waals surface area (Å²) in [7, 11) is 4.29. The molecule has 0 bridgehead atoms. The van der Waals surface area contributed by atoms with E-state index in [-0.39, 0.29) is 18.4 Å². The summed E-state index contributed by atoms with van der Waals surface area (Å²) in [4.78, 5) is 35.9. The van der Waals surface area contributed by atoms with Crippen LogP contribution in [0.3, 0.4) is 0 Å². The maximum absolute atomic E-state index is 12.8. The number of benzene rings is 2. The van der Waals surface area contributed by atoms with Gasteiger partial charge >= 0.3 is 11.9 Å². The molecule has 1 aliphatic heterocycles. The van der Waals surface area contributed by atoms with Gasteiger partial charge < -0.3 is 19.5 Å². The summed E-state index contributed by atoms with van der Waals surface area (Å²) in [6.45, 7) is 2.24. The molecule has 2 aromatic carbocycles. The molecule has 1 unspecified atom stereocenters. The first kappa shape index (κ1) is 23.8. The predicted octanol–water partition coefficient (Wildman–Crippen LogP) is 2.98. The van der Waals surface area contributed by atoms with E-state index in [0.29, 0.717) is 23.6 Å². The predicted molar refractivity (Wildman–Crippen MR) is 122 cm³/mol. The fourth-order valence-electron chi connectivity index (χ4n) is 3.63.